The highest BCUT2D eigenvalue weighted by Gasteiger charge is 2.57. The van der Waals surface area contributed by atoms with Crippen LogP contribution >= 0.6 is 0 Å². The van der Waals surface area contributed by atoms with Crippen LogP contribution in [-0.2, 0) is 14.3 Å². The van der Waals surface area contributed by atoms with Crippen LogP contribution in [0.25, 0.3) is 11.6 Å². The van der Waals surface area contributed by atoms with Gasteiger partial charge in [0.25, 0.3) is 0 Å². The maximum absolute atomic E-state index is 13.4. The number of benzene rings is 3. The third-order valence-electron chi connectivity index (χ3n) is 8.32. The van der Waals surface area contributed by atoms with Crippen molar-refractivity contribution in [3.63, 3.8) is 0 Å². The Morgan fingerprint density at radius 3 is 2.27 bits per heavy atom. The summed E-state index contributed by atoms with van der Waals surface area (Å²) in [5, 5.41) is 32.1. The molecule has 0 bridgehead atoms. The maximum Gasteiger partial charge on any atom is 0.423 e. The van der Waals surface area contributed by atoms with E-state index < -0.39 is 48.4 Å². The van der Waals surface area contributed by atoms with Gasteiger partial charge in [0.15, 0.2) is 0 Å². The minimum atomic E-state index is -1.08. The normalized spacial score (nSPS) is 20.8. The van der Waals surface area contributed by atoms with Crippen molar-refractivity contribution in [2.75, 3.05) is 20.3 Å². The number of phenolic OH excluding ortho intramolecular Hbond substituents is 1. The second kappa shape index (κ2) is 13.7. The number of aliphatic hydroxyl groups excluding tert-OH is 2. The fourth-order valence-corrected chi connectivity index (χ4v) is 6.22. The molecule has 3 amide bonds. The van der Waals surface area contributed by atoms with E-state index in [9.17, 15) is 29.7 Å². The summed E-state index contributed by atoms with van der Waals surface area (Å²) in [7, 11) is 1.09. The average molecular weight is 598 g/mol. The van der Waals surface area contributed by atoms with Gasteiger partial charge in [-0.05, 0) is 71.4 Å². The Kier molecular flexibility index (Phi) is 9.57. The molecule has 4 atom stereocenters. The molecule has 0 aromatic heterocycles. The van der Waals surface area contributed by atoms with E-state index in [1.54, 1.807) is 36.4 Å². The van der Waals surface area contributed by atoms with Crippen LogP contribution in [0.15, 0.2) is 96.1 Å². The van der Waals surface area contributed by atoms with Gasteiger partial charge in [0.1, 0.15) is 18.1 Å². The first kappa shape index (κ1) is 30.7. The molecular weight excluding hydrogens is 562 g/mol. The zero-order chi connectivity index (χ0) is 31.2. The first-order valence-corrected chi connectivity index (χ1v) is 14.5. The Morgan fingerprint density at radius 1 is 0.977 bits per heavy atom. The number of aliphatic hydroxyl groups is 2. The van der Waals surface area contributed by atoms with Crippen molar-refractivity contribution in [3.8, 4) is 11.5 Å². The second-order valence-corrected chi connectivity index (χ2v) is 10.9. The minimum Gasteiger partial charge on any atom is -0.508 e. The number of methoxy groups -OCH3 is 1. The minimum absolute atomic E-state index is 0.0325. The monoisotopic (exact) mass is 597 g/mol. The molecule has 0 spiro atoms. The highest BCUT2D eigenvalue weighted by atomic mass is 16.5. The molecule has 3 aromatic rings. The van der Waals surface area contributed by atoms with E-state index in [2.05, 4.69) is 0 Å². The van der Waals surface area contributed by atoms with Crippen molar-refractivity contribution < 1.29 is 39.2 Å². The number of rotatable bonds is 10. The lowest BCUT2D eigenvalue weighted by molar-refractivity contribution is -0.137. The van der Waals surface area contributed by atoms with Gasteiger partial charge in [0.2, 0.25) is 11.8 Å². The maximum atomic E-state index is 13.4. The molecular formula is C35H35NO8. The number of ether oxygens (including phenoxy) is 2. The van der Waals surface area contributed by atoms with Gasteiger partial charge in [-0.25, -0.2) is 4.79 Å². The molecule has 2 aliphatic rings. The number of phenols is 1. The lowest BCUT2D eigenvalue weighted by Crippen LogP contribution is -2.40. The molecule has 9 heteroatoms. The summed E-state index contributed by atoms with van der Waals surface area (Å²) in [6, 6.07) is 25.6. The van der Waals surface area contributed by atoms with E-state index in [0.29, 0.717) is 28.2 Å². The summed E-state index contributed by atoms with van der Waals surface area (Å²) in [6.07, 6.45) is 0.623. The Morgan fingerprint density at radius 2 is 1.64 bits per heavy atom. The highest BCUT2D eigenvalue weighted by molar-refractivity contribution is 6.16. The van der Waals surface area contributed by atoms with Crippen LogP contribution in [0.5, 0.6) is 11.5 Å². The zero-order valence-electron chi connectivity index (χ0n) is 24.3. The Balaban J connectivity index is 1.48. The molecule has 1 aliphatic carbocycles. The van der Waals surface area contributed by atoms with Crippen molar-refractivity contribution in [2.45, 2.75) is 25.4 Å². The highest BCUT2D eigenvalue weighted by Crippen LogP contribution is 2.46. The predicted molar refractivity (Wildman–Crippen MR) is 163 cm³/mol. The molecule has 1 heterocycles. The number of hydrogen-bond acceptors (Lipinski definition) is 8. The lowest BCUT2D eigenvalue weighted by atomic mass is 9.68. The third-order valence-corrected chi connectivity index (χ3v) is 8.32. The quantitative estimate of drug-likeness (QED) is 0.172. The first-order valence-electron chi connectivity index (χ1n) is 14.5. The van der Waals surface area contributed by atoms with Crippen LogP contribution in [0, 0.1) is 17.8 Å². The molecule has 44 heavy (non-hydrogen) atoms. The van der Waals surface area contributed by atoms with Gasteiger partial charge in [0.05, 0.1) is 31.7 Å². The molecule has 228 valence electrons. The van der Waals surface area contributed by atoms with Gasteiger partial charge in [-0.1, -0.05) is 66.7 Å². The van der Waals surface area contributed by atoms with Gasteiger partial charge >= 0.3 is 6.09 Å². The number of imide groups is 3. The zero-order valence-corrected chi connectivity index (χ0v) is 24.3. The van der Waals surface area contributed by atoms with Gasteiger partial charge in [-0.2, -0.15) is 4.90 Å². The van der Waals surface area contributed by atoms with Gasteiger partial charge in [0, 0.05) is 5.92 Å². The molecule has 3 aromatic carbocycles. The summed E-state index contributed by atoms with van der Waals surface area (Å²) in [6.45, 7) is -0.476. The van der Waals surface area contributed by atoms with Crippen molar-refractivity contribution in [1.29, 1.82) is 0 Å². The van der Waals surface area contributed by atoms with E-state index >= 15 is 0 Å². The van der Waals surface area contributed by atoms with E-state index in [4.69, 9.17) is 9.47 Å². The third kappa shape index (κ3) is 6.44. The smallest absolute Gasteiger partial charge is 0.423 e. The summed E-state index contributed by atoms with van der Waals surface area (Å²) in [4.78, 5) is 39.5. The number of allylic oxidation sites excluding steroid dienone is 1. The van der Waals surface area contributed by atoms with Gasteiger partial charge in [-0.15, -0.1) is 0 Å². The van der Waals surface area contributed by atoms with Gasteiger partial charge < -0.3 is 24.8 Å². The van der Waals surface area contributed by atoms with E-state index in [0.717, 1.165) is 23.8 Å². The molecule has 0 unspecified atom stereocenters. The number of likely N-dealkylation sites (tertiary alicyclic amines) is 1. The molecule has 1 saturated heterocycles. The summed E-state index contributed by atoms with van der Waals surface area (Å²) in [5.74, 6) is -3.48. The van der Waals surface area contributed by atoms with Crippen molar-refractivity contribution in [2.24, 2.45) is 17.8 Å². The van der Waals surface area contributed by atoms with E-state index in [1.807, 2.05) is 54.6 Å². The summed E-state index contributed by atoms with van der Waals surface area (Å²) >= 11 is 0. The molecule has 3 N–H and O–H groups in total. The number of carbonyl (C=O) groups excluding carboxylic acids is 3. The van der Waals surface area contributed by atoms with Crippen molar-refractivity contribution in [1.82, 2.24) is 4.90 Å². The van der Waals surface area contributed by atoms with Crippen molar-refractivity contribution in [3.05, 3.63) is 107 Å². The SMILES string of the molecule is COC(=O)N1C(=O)[C@@H]2[C@@H](CC(COc3ccccc3)=C([C@H](O)CC/C(=C/c3ccc(O)cc3)c3ccccc3)[C@@H]2CO)C1=O. The second-order valence-electron chi connectivity index (χ2n) is 10.9. The van der Waals surface area contributed by atoms with E-state index in [-0.39, 0.29) is 25.2 Å². The molecule has 0 radical (unpaired) electrons. The number of fused-ring (bicyclic) bond motifs is 1. The lowest BCUT2D eigenvalue weighted by Gasteiger charge is -2.36. The van der Waals surface area contributed by atoms with Crippen LogP contribution in [-0.4, -0.2) is 64.6 Å². The van der Waals surface area contributed by atoms with Crippen LogP contribution < -0.4 is 4.74 Å². The number of amides is 3. The average Bonchev–Trinajstić information content (AvgIpc) is 3.31. The Labute approximate surface area is 255 Å². The summed E-state index contributed by atoms with van der Waals surface area (Å²) < 4.78 is 10.7. The topological polar surface area (TPSA) is 134 Å². The standard InChI is InChI=1S/C35H35NO8/c1-43-35(42)36-33(40)28-19-25(21-44-27-10-6-3-7-11-27)31(29(20-37)32(28)34(36)41)30(39)17-14-24(23-8-4-2-5-9-23)18-22-12-15-26(38)16-13-22/h2-13,15-16,18,28-30,32,37-39H,14,17,19-21H2,1H3/b24-18-/t28-,29+,30-,32-/m1/s1. The first-order chi connectivity index (χ1) is 21.3. The number of carbonyl (C=O) groups is 3. The fourth-order valence-electron chi connectivity index (χ4n) is 6.22. The van der Waals surface area contributed by atoms with Crippen LogP contribution in [0.1, 0.15) is 30.4 Å². The van der Waals surface area contributed by atoms with E-state index in [1.165, 1.54) is 0 Å². The number of hydrogen-bond donors (Lipinski definition) is 3. The summed E-state index contributed by atoms with van der Waals surface area (Å²) in [5.41, 5.74) is 3.84. The Bertz CT molecular complexity index is 1550. The molecule has 1 aliphatic heterocycles. The Hall–Kier alpha value is -4.73. The number of para-hydroxylation sites is 1. The van der Waals surface area contributed by atoms with Crippen LogP contribution in [0.4, 0.5) is 4.79 Å². The van der Waals surface area contributed by atoms with Crippen LogP contribution in [0.2, 0.25) is 0 Å². The predicted octanol–water partition coefficient (Wildman–Crippen LogP) is 4.83. The molecule has 9 nitrogen and oxygen atoms in total. The largest absolute Gasteiger partial charge is 0.508 e. The van der Waals surface area contributed by atoms with Gasteiger partial charge in [-0.3, -0.25) is 9.59 Å². The number of aromatic hydroxyl groups is 1. The van der Waals surface area contributed by atoms with Crippen LogP contribution in [0.3, 0.4) is 0 Å². The number of nitrogens with zero attached hydrogens (tertiary/aromatic N) is 1. The molecule has 5 rings (SSSR count). The molecule has 0 saturated carbocycles. The molecule has 1 fully saturated rings. The van der Waals surface area contributed by atoms with Crippen molar-refractivity contribution >= 4 is 29.6 Å². The fraction of sp³-hybridized carbons (Fsp3) is 0.286.